The number of hydrogen-bond donors (Lipinski definition) is 0. The average Bonchev–Trinajstić information content (AvgIpc) is 2.96. The highest BCUT2D eigenvalue weighted by molar-refractivity contribution is 14.1. The minimum Gasteiger partial charge on any atom is -0.496 e. The van der Waals surface area contributed by atoms with Gasteiger partial charge in [0, 0.05) is 11.1 Å². The van der Waals surface area contributed by atoms with Gasteiger partial charge in [0.2, 0.25) is 0 Å². The zero-order valence-electron chi connectivity index (χ0n) is 12.5. The largest absolute Gasteiger partial charge is 0.496 e. The van der Waals surface area contributed by atoms with E-state index in [1.54, 1.807) is 7.11 Å². The molecule has 0 unspecified atom stereocenters. The molecule has 0 aliphatic heterocycles. The summed E-state index contributed by atoms with van der Waals surface area (Å²) in [7, 11) is 1.68. The van der Waals surface area contributed by atoms with Crippen LogP contribution >= 0.6 is 22.6 Å². The van der Waals surface area contributed by atoms with Crippen LogP contribution in [0.2, 0.25) is 0 Å². The van der Waals surface area contributed by atoms with Gasteiger partial charge >= 0.3 is 0 Å². The quantitative estimate of drug-likeness (QED) is 0.604. The Hall–Kier alpha value is -2.33. The maximum absolute atomic E-state index is 8.92. The molecule has 1 heterocycles. The molecule has 0 N–H and O–H groups in total. The fourth-order valence-electron chi connectivity index (χ4n) is 2.43. The third-order valence-corrected chi connectivity index (χ3v) is 4.46. The van der Waals surface area contributed by atoms with Gasteiger partial charge in [-0.1, -0.05) is 18.2 Å². The Morgan fingerprint density at radius 1 is 1.17 bits per heavy atom. The molecule has 0 aliphatic rings. The van der Waals surface area contributed by atoms with Crippen molar-refractivity contribution in [2.75, 3.05) is 7.11 Å². The summed E-state index contributed by atoms with van der Waals surface area (Å²) < 4.78 is 8.63. The van der Waals surface area contributed by atoms with Gasteiger partial charge in [0.05, 0.1) is 31.5 Å². The first-order valence-corrected chi connectivity index (χ1v) is 8.14. The van der Waals surface area contributed by atoms with Gasteiger partial charge in [-0.3, -0.25) is 0 Å². The monoisotopic (exact) mass is 415 g/mol. The normalized spacial score (nSPS) is 10.3. The van der Waals surface area contributed by atoms with Crippen molar-refractivity contribution in [1.29, 1.82) is 5.26 Å². The molecule has 3 aromatic rings. The standard InChI is InChI=1S/C18H14IN3O/c1-23-16-5-3-2-4-15(16)12-22-17(19)11-21-18(22)14-8-6-13(10-20)7-9-14/h2-9,11H,12H2,1H3. The molecule has 4 nitrogen and oxygen atoms in total. The topological polar surface area (TPSA) is 50.8 Å². The summed E-state index contributed by atoms with van der Waals surface area (Å²) in [4.78, 5) is 4.52. The van der Waals surface area contributed by atoms with E-state index in [9.17, 15) is 0 Å². The number of aromatic nitrogens is 2. The summed E-state index contributed by atoms with van der Waals surface area (Å²) in [6, 6.07) is 17.6. The van der Waals surface area contributed by atoms with E-state index in [0.717, 1.165) is 26.4 Å². The van der Waals surface area contributed by atoms with Crippen LogP contribution in [0.3, 0.4) is 0 Å². The molecule has 0 saturated carbocycles. The summed E-state index contributed by atoms with van der Waals surface area (Å²) in [5.74, 6) is 1.74. The van der Waals surface area contributed by atoms with Crippen molar-refractivity contribution in [3.63, 3.8) is 0 Å². The summed E-state index contributed by atoms with van der Waals surface area (Å²) in [5, 5.41) is 8.92. The molecule has 0 atom stereocenters. The highest BCUT2D eigenvalue weighted by Crippen LogP contribution is 2.25. The lowest BCUT2D eigenvalue weighted by Gasteiger charge is -2.12. The Balaban J connectivity index is 2.00. The van der Waals surface area contributed by atoms with Crippen LogP contribution in [-0.4, -0.2) is 16.7 Å². The van der Waals surface area contributed by atoms with Crippen LogP contribution in [0.4, 0.5) is 0 Å². The summed E-state index contributed by atoms with van der Waals surface area (Å²) in [6.07, 6.45) is 1.85. The zero-order chi connectivity index (χ0) is 16.2. The van der Waals surface area contributed by atoms with E-state index < -0.39 is 0 Å². The van der Waals surface area contributed by atoms with E-state index in [2.05, 4.69) is 44.3 Å². The van der Waals surface area contributed by atoms with Crippen molar-refractivity contribution in [2.24, 2.45) is 0 Å². The number of methoxy groups -OCH3 is 1. The Bertz CT molecular complexity index is 863. The molecular formula is C18H14IN3O. The third kappa shape index (κ3) is 3.22. The number of hydrogen-bond acceptors (Lipinski definition) is 3. The van der Waals surface area contributed by atoms with E-state index in [1.807, 2.05) is 48.7 Å². The molecule has 0 amide bonds. The fraction of sp³-hybridized carbons (Fsp3) is 0.111. The fourth-order valence-corrected chi connectivity index (χ4v) is 2.97. The summed E-state index contributed by atoms with van der Waals surface area (Å²) >= 11 is 2.28. The number of rotatable bonds is 4. The first-order chi connectivity index (χ1) is 11.2. The van der Waals surface area contributed by atoms with Crippen molar-refractivity contribution < 1.29 is 4.74 Å². The van der Waals surface area contributed by atoms with Crippen molar-refractivity contribution >= 4 is 22.6 Å². The highest BCUT2D eigenvalue weighted by Gasteiger charge is 2.12. The first kappa shape index (κ1) is 15.6. The Morgan fingerprint density at radius 2 is 1.91 bits per heavy atom. The molecular weight excluding hydrogens is 401 g/mol. The van der Waals surface area contributed by atoms with Gasteiger partial charge in [0.15, 0.2) is 0 Å². The maximum atomic E-state index is 8.92. The van der Waals surface area contributed by atoms with Crippen LogP contribution < -0.4 is 4.74 Å². The molecule has 2 aromatic carbocycles. The lowest BCUT2D eigenvalue weighted by molar-refractivity contribution is 0.408. The number of para-hydroxylation sites is 1. The molecule has 0 radical (unpaired) electrons. The number of nitrogens with zero attached hydrogens (tertiary/aromatic N) is 3. The predicted octanol–water partition coefficient (Wildman–Crippen LogP) is 4.08. The average molecular weight is 415 g/mol. The Kier molecular flexibility index (Phi) is 4.63. The zero-order valence-corrected chi connectivity index (χ0v) is 14.7. The van der Waals surface area contributed by atoms with Gasteiger partial charge in [-0.05, 0) is 52.9 Å². The van der Waals surface area contributed by atoms with Gasteiger partial charge in [-0.15, -0.1) is 0 Å². The van der Waals surface area contributed by atoms with Gasteiger partial charge in [0.25, 0.3) is 0 Å². The molecule has 1 aromatic heterocycles. The minimum absolute atomic E-state index is 0.645. The van der Waals surface area contributed by atoms with Gasteiger partial charge < -0.3 is 9.30 Å². The van der Waals surface area contributed by atoms with Crippen LogP contribution in [0, 0.1) is 15.0 Å². The number of ether oxygens (including phenoxy) is 1. The second-order valence-corrected chi connectivity index (χ2v) is 6.10. The molecule has 5 heteroatoms. The van der Waals surface area contributed by atoms with E-state index in [-0.39, 0.29) is 0 Å². The van der Waals surface area contributed by atoms with Gasteiger partial charge in [0.1, 0.15) is 15.3 Å². The van der Waals surface area contributed by atoms with Crippen LogP contribution in [-0.2, 0) is 6.54 Å². The first-order valence-electron chi connectivity index (χ1n) is 7.06. The van der Waals surface area contributed by atoms with Crippen LogP contribution in [0.1, 0.15) is 11.1 Å². The predicted molar refractivity (Wildman–Crippen MR) is 97.2 cm³/mol. The number of imidazole rings is 1. The van der Waals surface area contributed by atoms with Crippen molar-refractivity contribution in [1.82, 2.24) is 9.55 Å². The van der Waals surface area contributed by atoms with Crippen molar-refractivity contribution in [3.05, 3.63) is 69.6 Å². The van der Waals surface area contributed by atoms with Crippen LogP contribution in [0.15, 0.2) is 54.7 Å². The molecule has 0 saturated heterocycles. The minimum atomic E-state index is 0.645. The van der Waals surface area contributed by atoms with E-state index in [4.69, 9.17) is 10.00 Å². The molecule has 0 spiro atoms. The van der Waals surface area contributed by atoms with Crippen molar-refractivity contribution in [3.8, 4) is 23.2 Å². The molecule has 23 heavy (non-hydrogen) atoms. The molecule has 114 valence electrons. The SMILES string of the molecule is COc1ccccc1Cn1c(I)cnc1-c1ccc(C#N)cc1. The van der Waals surface area contributed by atoms with Gasteiger partial charge in [-0.25, -0.2) is 4.98 Å². The lowest BCUT2D eigenvalue weighted by atomic mass is 10.1. The number of nitriles is 1. The van der Waals surface area contributed by atoms with Crippen LogP contribution in [0.25, 0.3) is 11.4 Å². The molecule has 0 aliphatic carbocycles. The second-order valence-electron chi connectivity index (χ2n) is 4.99. The maximum Gasteiger partial charge on any atom is 0.141 e. The van der Waals surface area contributed by atoms with E-state index >= 15 is 0 Å². The van der Waals surface area contributed by atoms with E-state index in [1.165, 1.54) is 0 Å². The van der Waals surface area contributed by atoms with Gasteiger partial charge in [-0.2, -0.15) is 5.26 Å². The second kappa shape index (κ2) is 6.84. The summed E-state index contributed by atoms with van der Waals surface area (Å²) in [5.41, 5.74) is 2.73. The highest BCUT2D eigenvalue weighted by atomic mass is 127. The summed E-state index contributed by atoms with van der Waals surface area (Å²) in [6.45, 7) is 0.678. The number of halogens is 1. The molecule has 0 bridgehead atoms. The lowest BCUT2D eigenvalue weighted by Crippen LogP contribution is -2.05. The van der Waals surface area contributed by atoms with Crippen molar-refractivity contribution in [2.45, 2.75) is 6.54 Å². The third-order valence-electron chi connectivity index (χ3n) is 3.60. The number of benzene rings is 2. The molecule has 3 rings (SSSR count). The van der Waals surface area contributed by atoms with E-state index in [0.29, 0.717) is 12.1 Å². The Labute approximate surface area is 148 Å². The Morgan fingerprint density at radius 3 is 2.61 bits per heavy atom. The van der Waals surface area contributed by atoms with Crippen LogP contribution in [0.5, 0.6) is 5.75 Å². The smallest absolute Gasteiger partial charge is 0.141 e. The molecule has 0 fully saturated rings.